The molecule has 0 aliphatic rings. The van der Waals surface area contributed by atoms with E-state index in [1.807, 2.05) is 0 Å². The first-order valence-electron chi connectivity index (χ1n) is 5.04. The van der Waals surface area contributed by atoms with E-state index in [9.17, 15) is 9.59 Å². The van der Waals surface area contributed by atoms with E-state index in [2.05, 4.69) is 15.9 Å². The smallest absolute Gasteiger partial charge is 0.308 e. The quantitative estimate of drug-likeness (QED) is 0.363. The van der Waals surface area contributed by atoms with Crippen molar-refractivity contribution in [3.05, 3.63) is 23.8 Å². The van der Waals surface area contributed by atoms with Crippen LogP contribution in [-0.4, -0.2) is 24.2 Å². The molecule has 1 rings (SSSR count). The first kappa shape index (κ1) is 13.7. The lowest BCUT2D eigenvalue weighted by Gasteiger charge is -2.09. The zero-order valence-electron chi connectivity index (χ0n) is 9.66. The van der Waals surface area contributed by atoms with Gasteiger partial charge in [-0.15, -0.1) is 0 Å². The number of methoxy groups -OCH3 is 1. The van der Waals surface area contributed by atoms with E-state index in [4.69, 9.17) is 9.47 Å². The largest absolute Gasteiger partial charge is 0.493 e. The molecule has 0 saturated carbocycles. The molecular weight excluding hydrogens is 288 g/mol. The summed E-state index contributed by atoms with van der Waals surface area (Å²) in [5.74, 6) is 0.272. The van der Waals surface area contributed by atoms with Gasteiger partial charge in [0.1, 0.15) is 0 Å². The fourth-order valence-electron chi connectivity index (χ4n) is 1.31. The van der Waals surface area contributed by atoms with Crippen LogP contribution in [0.4, 0.5) is 0 Å². The minimum absolute atomic E-state index is 0.00884. The molecule has 0 fully saturated rings. The second kappa shape index (κ2) is 6.39. The maximum atomic E-state index is 11.7. The third kappa shape index (κ3) is 3.85. The van der Waals surface area contributed by atoms with Gasteiger partial charge in [-0.05, 0) is 18.2 Å². The monoisotopic (exact) mass is 300 g/mol. The van der Waals surface area contributed by atoms with Gasteiger partial charge in [0, 0.05) is 24.2 Å². The molecule has 0 unspecified atom stereocenters. The van der Waals surface area contributed by atoms with Crippen molar-refractivity contribution in [2.45, 2.75) is 13.3 Å². The predicted octanol–water partition coefficient (Wildman–Crippen LogP) is 2.59. The Morgan fingerprint density at radius 3 is 2.53 bits per heavy atom. The average Bonchev–Trinajstić information content (AvgIpc) is 2.29. The van der Waals surface area contributed by atoms with Crippen LogP contribution in [0.5, 0.6) is 11.5 Å². The normalized spacial score (nSPS) is 9.82. The lowest BCUT2D eigenvalue weighted by Crippen LogP contribution is -2.05. The topological polar surface area (TPSA) is 52.6 Å². The van der Waals surface area contributed by atoms with Crippen molar-refractivity contribution in [3.8, 4) is 11.5 Å². The molecule has 0 atom stereocenters. The summed E-state index contributed by atoms with van der Waals surface area (Å²) in [5.41, 5.74) is 0.539. The molecule has 1 aromatic carbocycles. The van der Waals surface area contributed by atoms with E-state index in [1.54, 1.807) is 18.2 Å². The number of Topliss-reactive ketones (excluding diaryl/α,β-unsaturated/α-hetero) is 1. The maximum absolute atomic E-state index is 11.7. The van der Waals surface area contributed by atoms with Gasteiger partial charge in [-0.25, -0.2) is 0 Å². The molecule has 0 bridgehead atoms. The number of hydrogen-bond acceptors (Lipinski definition) is 4. The number of esters is 1. The highest BCUT2D eigenvalue weighted by atomic mass is 79.9. The number of carbonyl (C=O) groups is 2. The average molecular weight is 301 g/mol. The van der Waals surface area contributed by atoms with Crippen molar-refractivity contribution in [1.82, 2.24) is 0 Å². The Labute approximate surface area is 108 Å². The Bertz CT molecular complexity index is 429. The Morgan fingerprint density at radius 1 is 1.29 bits per heavy atom. The summed E-state index contributed by atoms with van der Waals surface area (Å²) in [7, 11) is 1.46. The molecule has 0 aliphatic carbocycles. The van der Waals surface area contributed by atoms with Crippen LogP contribution in [0, 0.1) is 0 Å². The van der Waals surface area contributed by atoms with Crippen LogP contribution in [0.3, 0.4) is 0 Å². The van der Waals surface area contributed by atoms with Crippen LogP contribution >= 0.6 is 15.9 Å². The molecule has 0 saturated heterocycles. The molecule has 0 aliphatic heterocycles. The van der Waals surface area contributed by atoms with Crippen LogP contribution < -0.4 is 9.47 Å². The number of hydrogen-bond donors (Lipinski definition) is 0. The summed E-state index contributed by atoms with van der Waals surface area (Å²) in [6, 6.07) is 4.75. The van der Waals surface area contributed by atoms with Crippen molar-refractivity contribution in [1.29, 1.82) is 0 Å². The van der Waals surface area contributed by atoms with Gasteiger partial charge in [-0.3, -0.25) is 9.59 Å². The van der Waals surface area contributed by atoms with Gasteiger partial charge in [0.05, 0.1) is 7.11 Å². The van der Waals surface area contributed by atoms with Crippen LogP contribution in [0.2, 0.25) is 0 Å². The van der Waals surface area contributed by atoms with Crippen molar-refractivity contribution < 1.29 is 19.1 Å². The van der Waals surface area contributed by atoms with E-state index in [0.717, 1.165) is 0 Å². The SMILES string of the molecule is COc1cc(C(=O)CCBr)ccc1OC(C)=O. The third-order valence-electron chi connectivity index (χ3n) is 2.06. The van der Waals surface area contributed by atoms with E-state index in [-0.39, 0.29) is 5.78 Å². The fraction of sp³-hybridized carbons (Fsp3) is 0.333. The van der Waals surface area contributed by atoms with E-state index in [1.165, 1.54) is 14.0 Å². The Hall–Kier alpha value is -1.36. The van der Waals surface area contributed by atoms with Gasteiger partial charge >= 0.3 is 5.97 Å². The number of ketones is 1. The number of benzene rings is 1. The highest BCUT2D eigenvalue weighted by Gasteiger charge is 2.11. The molecule has 0 N–H and O–H groups in total. The number of carbonyl (C=O) groups excluding carboxylic acids is 2. The summed E-state index contributed by atoms with van der Waals surface area (Å²) < 4.78 is 10.0. The molecule has 92 valence electrons. The van der Waals surface area contributed by atoms with Crippen LogP contribution in [0.1, 0.15) is 23.7 Å². The van der Waals surface area contributed by atoms with Gasteiger partial charge < -0.3 is 9.47 Å². The standard InChI is InChI=1S/C12H13BrO4/c1-8(14)17-11-4-3-9(7-12(11)16-2)10(15)5-6-13/h3-4,7H,5-6H2,1-2H3. The molecule has 0 radical (unpaired) electrons. The van der Waals surface area contributed by atoms with Crippen molar-refractivity contribution in [2.75, 3.05) is 12.4 Å². The van der Waals surface area contributed by atoms with Gasteiger partial charge in [-0.1, -0.05) is 15.9 Å². The fourth-order valence-corrected chi connectivity index (χ4v) is 1.67. The second-order valence-corrected chi connectivity index (χ2v) is 4.11. The highest BCUT2D eigenvalue weighted by Crippen LogP contribution is 2.28. The second-order valence-electron chi connectivity index (χ2n) is 3.32. The summed E-state index contributed by atoms with van der Waals surface area (Å²) in [6.45, 7) is 1.31. The summed E-state index contributed by atoms with van der Waals surface area (Å²) in [6.07, 6.45) is 0.413. The molecule has 0 heterocycles. The number of ether oxygens (including phenoxy) is 2. The molecular formula is C12H13BrO4. The molecule has 1 aromatic rings. The van der Waals surface area contributed by atoms with E-state index in [0.29, 0.717) is 28.8 Å². The first-order valence-corrected chi connectivity index (χ1v) is 6.16. The van der Waals surface area contributed by atoms with E-state index < -0.39 is 5.97 Å². The van der Waals surface area contributed by atoms with Crippen LogP contribution in [0.15, 0.2) is 18.2 Å². The van der Waals surface area contributed by atoms with Crippen LogP contribution in [-0.2, 0) is 4.79 Å². The molecule has 0 amide bonds. The van der Waals surface area contributed by atoms with Crippen molar-refractivity contribution in [2.24, 2.45) is 0 Å². The Morgan fingerprint density at radius 2 is 2.00 bits per heavy atom. The van der Waals surface area contributed by atoms with Gasteiger partial charge in [0.25, 0.3) is 0 Å². The van der Waals surface area contributed by atoms with Gasteiger partial charge in [0.2, 0.25) is 0 Å². The van der Waals surface area contributed by atoms with Gasteiger partial charge in [0.15, 0.2) is 17.3 Å². The third-order valence-corrected chi connectivity index (χ3v) is 2.46. The lowest BCUT2D eigenvalue weighted by atomic mass is 10.1. The van der Waals surface area contributed by atoms with Crippen molar-refractivity contribution in [3.63, 3.8) is 0 Å². The van der Waals surface area contributed by atoms with Crippen molar-refractivity contribution >= 4 is 27.7 Å². The minimum Gasteiger partial charge on any atom is -0.493 e. The molecule has 4 nitrogen and oxygen atoms in total. The number of rotatable bonds is 5. The number of alkyl halides is 1. The first-order chi connectivity index (χ1) is 8.08. The summed E-state index contributed by atoms with van der Waals surface area (Å²) in [5, 5.41) is 0.611. The minimum atomic E-state index is -0.428. The van der Waals surface area contributed by atoms with E-state index >= 15 is 0 Å². The zero-order valence-corrected chi connectivity index (χ0v) is 11.2. The Kier molecular flexibility index (Phi) is 5.15. The summed E-state index contributed by atoms with van der Waals surface area (Å²) in [4.78, 5) is 22.5. The lowest BCUT2D eigenvalue weighted by molar-refractivity contribution is -0.132. The highest BCUT2D eigenvalue weighted by molar-refractivity contribution is 9.09. The number of halogens is 1. The zero-order chi connectivity index (χ0) is 12.8. The maximum Gasteiger partial charge on any atom is 0.308 e. The van der Waals surface area contributed by atoms with Gasteiger partial charge in [-0.2, -0.15) is 0 Å². The predicted molar refractivity (Wildman–Crippen MR) is 67.0 cm³/mol. The van der Waals surface area contributed by atoms with Crippen LogP contribution in [0.25, 0.3) is 0 Å². The molecule has 0 aromatic heterocycles. The summed E-state index contributed by atoms with van der Waals surface area (Å²) >= 11 is 3.21. The molecule has 17 heavy (non-hydrogen) atoms. The Balaban J connectivity index is 2.99. The molecule has 5 heteroatoms. The molecule has 0 spiro atoms.